The Balaban J connectivity index is 2.15. The summed E-state index contributed by atoms with van der Waals surface area (Å²) in [4.78, 5) is 2.49. The van der Waals surface area contributed by atoms with Crippen molar-refractivity contribution in [2.24, 2.45) is 23.0 Å². The lowest BCUT2D eigenvalue weighted by Crippen LogP contribution is -2.41. The number of nitrogens with two attached hydrogens (primary N) is 1. The number of rotatable bonds is 7. The fraction of sp³-hybridized carbons (Fsp3) is 1.00. The van der Waals surface area contributed by atoms with Gasteiger partial charge in [0.1, 0.15) is 0 Å². The third-order valence-electron chi connectivity index (χ3n) is 4.73. The van der Waals surface area contributed by atoms with E-state index in [2.05, 4.69) is 37.9 Å². The van der Waals surface area contributed by atoms with Crippen molar-refractivity contribution in [3.63, 3.8) is 0 Å². The molecule has 0 spiro atoms. The molecule has 18 heavy (non-hydrogen) atoms. The van der Waals surface area contributed by atoms with E-state index < -0.39 is 0 Å². The van der Waals surface area contributed by atoms with Crippen LogP contribution in [0.4, 0.5) is 0 Å². The quantitative estimate of drug-likeness (QED) is 0.730. The Morgan fingerprint density at radius 1 is 1.28 bits per heavy atom. The van der Waals surface area contributed by atoms with Gasteiger partial charge in [0, 0.05) is 19.6 Å². The Labute approximate surface area is 113 Å². The van der Waals surface area contributed by atoms with Crippen molar-refractivity contribution in [1.29, 1.82) is 0 Å². The minimum Gasteiger partial charge on any atom is -0.329 e. The zero-order valence-corrected chi connectivity index (χ0v) is 12.8. The first kappa shape index (κ1) is 15.9. The third-order valence-corrected chi connectivity index (χ3v) is 4.73. The van der Waals surface area contributed by atoms with Crippen molar-refractivity contribution in [2.75, 3.05) is 39.3 Å². The maximum Gasteiger partial charge on any atom is 0.0105 e. The van der Waals surface area contributed by atoms with Crippen molar-refractivity contribution < 1.29 is 0 Å². The molecule has 1 rings (SSSR count). The summed E-state index contributed by atoms with van der Waals surface area (Å²) in [5.41, 5.74) is 6.00. The van der Waals surface area contributed by atoms with E-state index in [1.807, 2.05) is 0 Å². The first-order valence-electron chi connectivity index (χ1n) is 7.59. The number of nitrogens with zero attached hydrogens (tertiary/aromatic N) is 1. The minimum absolute atomic E-state index is 0.403. The van der Waals surface area contributed by atoms with Gasteiger partial charge in [0.15, 0.2) is 0 Å². The van der Waals surface area contributed by atoms with E-state index in [0.29, 0.717) is 5.41 Å². The zero-order chi connectivity index (χ0) is 13.6. The van der Waals surface area contributed by atoms with E-state index >= 15 is 0 Å². The van der Waals surface area contributed by atoms with E-state index in [4.69, 9.17) is 5.73 Å². The van der Waals surface area contributed by atoms with Crippen LogP contribution in [0.3, 0.4) is 0 Å². The Hall–Kier alpha value is -0.120. The summed E-state index contributed by atoms with van der Waals surface area (Å²) < 4.78 is 0. The summed E-state index contributed by atoms with van der Waals surface area (Å²) in [5, 5.41) is 3.68. The van der Waals surface area contributed by atoms with Gasteiger partial charge in [-0.1, -0.05) is 27.7 Å². The molecular weight excluding hydrogens is 222 g/mol. The number of hydrogen-bond acceptors (Lipinski definition) is 3. The molecule has 0 aliphatic carbocycles. The highest BCUT2D eigenvalue weighted by Gasteiger charge is 2.23. The second kappa shape index (κ2) is 7.46. The van der Waals surface area contributed by atoms with E-state index in [-0.39, 0.29) is 0 Å². The Kier molecular flexibility index (Phi) is 6.61. The number of hydrogen-bond donors (Lipinski definition) is 2. The van der Waals surface area contributed by atoms with Gasteiger partial charge in [0.2, 0.25) is 0 Å². The summed E-state index contributed by atoms with van der Waals surface area (Å²) >= 11 is 0. The fourth-order valence-electron chi connectivity index (χ4n) is 2.40. The summed E-state index contributed by atoms with van der Waals surface area (Å²) in [6.07, 6.45) is 2.66. The van der Waals surface area contributed by atoms with Crippen molar-refractivity contribution in [3.8, 4) is 0 Å². The fourth-order valence-corrected chi connectivity index (χ4v) is 2.40. The van der Waals surface area contributed by atoms with E-state index in [0.717, 1.165) is 31.5 Å². The van der Waals surface area contributed by atoms with Crippen LogP contribution >= 0.6 is 0 Å². The molecule has 3 nitrogen and oxygen atoms in total. The largest absolute Gasteiger partial charge is 0.329 e. The molecule has 0 radical (unpaired) electrons. The van der Waals surface area contributed by atoms with Crippen LogP contribution in [0.25, 0.3) is 0 Å². The van der Waals surface area contributed by atoms with Crippen LogP contribution in [-0.4, -0.2) is 44.2 Å². The molecule has 1 fully saturated rings. The molecule has 0 amide bonds. The lowest BCUT2D eigenvalue weighted by atomic mass is 9.81. The predicted octanol–water partition coefficient (Wildman–Crippen LogP) is 1.93. The summed E-state index contributed by atoms with van der Waals surface area (Å²) in [5.74, 6) is 1.60. The van der Waals surface area contributed by atoms with Gasteiger partial charge in [-0.3, -0.25) is 0 Å². The molecular formula is C15H33N3. The first-order valence-corrected chi connectivity index (χ1v) is 7.59. The van der Waals surface area contributed by atoms with Gasteiger partial charge in [-0.15, -0.1) is 0 Å². The Bertz CT molecular complexity index is 218. The molecule has 0 bridgehead atoms. The van der Waals surface area contributed by atoms with Crippen molar-refractivity contribution >= 4 is 0 Å². The van der Waals surface area contributed by atoms with Gasteiger partial charge in [-0.2, -0.15) is 0 Å². The average molecular weight is 255 g/mol. The molecule has 1 saturated heterocycles. The Morgan fingerprint density at radius 3 is 2.39 bits per heavy atom. The van der Waals surface area contributed by atoms with Crippen LogP contribution < -0.4 is 11.1 Å². The van der Waals surface area contributed by atoms with Crippen LogP contribution in [0.1, 0.15) is 40.5 Å². The number of nitrogens with one attached hydrogen (secondary N) is 1. The highest BCUT2D eigenvalue weighted by Crippen LogP contribution is 2.25. The highest BCUT2D eigenvalue weighted by molar-refractivity contribution is 4.78. The van der Waals surface area contributed by atoms with E-state index in [1.165, 1.54) is 32.5 Å². The van der Waals surface area contributed by atoms with Gasteiger partial charge < -0.3 is 16.0 Å². The maximum atomic E-state index is 5.60. The highest BCUT2D eigenvalue weighted by atomic mass is 15.1. The van der Waals surface area contributed by atoms with Crippen LogP contribution in [-0.2, 0) is 0 Å². The van der Waals surface area contributed by atoms with Crippen LogP contribution in [0.2, 0.25) is 0 Å². The molecule has 0 aromatic carbocycles. The van der Waals surface area contributed by atoms with Gasteiger partial charge in [-0.05, 0) is 49.7 Å². The smallest absolute Gasteiger partial charge is 0.0105 e. The molecule has 1 heterocycles. The molecule has 108 valence electrons. The van der Waals surface area contributed by atoms with E-state index in [1.54, 1.807) is 0 Å². The van der Waals surface area contributed by atoms with E-state index in [9.17, 15) is 0 Å². The van der Waals surface area contributed by atoms with Crippen LogP contribution in [0.15, 0.2) is 0 Å². The topological polar surface area (TPSA) is 41.3 Å². The molecule has 0 unspecified atom stereocenters. The number of likely N-dealkylation sites (tertiary alicyclic amines) is 1. The first-order chi connectivity index (χ1) is 8.45. The second-order valence-electron chi connectivity index (χ2n) is 6.85. The summed E-state index contributed by atoms with van der Waals surface area (Å²) in [7, 11) is 0. The monoisotopic (exact) mass is 255 g/mol. The van der Waals surface area contributed by atoms with Gasteiger partial charge in [0.25, 0.3) is 0 Å². The van der Waals surface area contributed by atoms with Gasteiger partial charge in [0.05, 0.1) is 0 Å². The van der Waals surface area contributed by atoms with Crippen molar-refractivity contribution in [1.82, 2.24) is 10.2 Å². The summed E-state index contributed by atoms with van der Waals surface area (Å²) in [6.45, 7) is 16.0. The van der Waals surface area contributed by atoms with Gasteiger partial charge >= 0.3 is 0 Å². The second-order valence-corrected chi connectivity index (χ2v) is 6.85. The molecule has 3 heteroatoms. The predicted molar refractivity (Wildman–Crippen MR) is 79.7 cm³/mol. The minimum atomic E-state index is 0.403. The SMILES string of the molecule is CC(C)C(C)(C)CNCC1CCN(CCN)CC1. The van der Waals surface area contributed by atoms with Gasteiger partial charge in [-0.25, -0.2) is 0 Å². The Morgan fingerprint density at radius 2 is 1.89 bits per heavy atom. The third kappa shape index (κ3) is 5.25. The lowest BCUT2D eigenvalue weighted by Gasteiger charge is -2.34. The average Bonchev–Trinajstić information content (AvgIpc) is 2.31. The van der Waals surface area contributed by atoms with Crippen molar-refractivity contribution in [2.45, 2.75) is 40.5 Å². The van der Waals surface area contributed by atoms with Crippen molar-refractivity contribution in [3.05, 3.63) is 0 Å². The molecule has 1 aliphatic rings. The molecule has 0 atom stereocenters. The molecule has 3 N–H and O–H groups in total. The van der Waals surface area contributed by atoms with Crippen LogP contribution in [0.5, 0.6) is 0 Å². The lowest BCUT2D eigenvalue weighted by molar-refractivity contribution is 0.177. The molecule has 0 aromatic rings. The number of piperidine rings is 1. The maximum absolute atomic E-state index is 5.60. The molecule has 0 aromatic heterocycles. The standard InChI is InChI=1S/C15H33N3/c1-13(2)15(3,4)12-17-11-14-5-8-18(9-6-14)10-7-16/h13-14,17H,5-12,16H2,1-4H3. The van der Waals surface area contributed by atoms with Crippen LogP contribution in [0, 0.1) is 17.3 Å². The zero-order valence-electron chi connectivity index (χ0n) is 12.8. The molecule has 0 saturated carbocycles. The summed E-state index contributed by atoms with van der Waals surface area (Å²) in [6, 6.07) is 0. The molecule has 1 aliphatic heterocycles. The normalized spacial score (nSPS) is 19.7.